The standard InChI is InChI=1S/C17H19N3O3S/c1-24(21,22)17-18-9-14-4-6-20(11-15(14)19-17)10-12-2-3-16-13(8-12)5-7-23-16/h2-3,8-9H,4-7,10-11H2,1H3. The highest BCUT2D eigenvalue weighted by Crippen LogP contribution is 2.27. The maximum Gasteiger partial charge on any atom is 0.247 e. The lowest BCUT2D eigenvalue weighted by Crippen LogP contribution is -2.31. The highest BCUT2D eigenvalue weighted by atomic mass is 32.2. The van der Waals surface area contributed by atoms with Gasteiger partial charge in [0.25, 0.3) is 0 Å². The van der Waals surface area contributed by atoms with Crippen LogP contribution in [0.1, 0.15) is 22.4 Å². The topological polar surface area (TPSA) is 72.4 Å². The molecule has 126 valence electrons. The molecule has 2 aliphatic heterocycles. The van der Waals surface area contributed by atoms with E-state index < -0.39 is 9.84 Å². The average Bonchev–Trinajstić information content (AvgIpc) is 3.01. The molecule has 3 heterocycles. The fourth-order valence-corrected chi connectivity index (χ4v) is 3.77. The quantitative estimate of drug-likeness (QED) is 0.783. The molecule has 0 saturated heterocycles. The lowest BCUT2D eigenvalue weighted by Gasteiger charge is -2.28. The zero-order chi connectivity index (χ0) is 16.7. The van der Waals surface area contributed by atoms with Crippen LogP contribution in [0.4, 0.5) is 0 Å². The minimum atomic E-state index is -3.37. The molecule has 24 heavy (non-hydrogen) atoms. The van der Waals surface area contributed by atoms with Crippen LogP contribution in [-0.4, -0.2) is 42.7 Å². The van der Waals surface area contributed by atoms with Crippen molar-refractivity contribution < 1.29 is 13.2 Å². The van der Waals surface area contributed by atoms with Gasteiger partial charge < -0.3 is 4.74 Å². The molecule has 0 radical (unpaired) electrons. The Labute approximate surface area is 141 Å². The normalized spacial score (nSPS) is 17.2. The van der Waals surface area contributed by atoms with Gasteiger partial charge in [-0.2, -0.15) is 0 Å². The Morgan fingerprint density at radius 2 is 2.12 bits per heavy atom. The maximum atomic E-state index is 11.6. The number of ether oxygens (including phenoxy) is 1. The largest absolute Gasteiger partial charge is 0.493 e. The van der Waals surface area contributed by atoms with Gasteiger partial charge in [0.15, 0.2) is 0 Å². The number of aromatic nitrogens is 2. The minimum absolute atomic E-state index is 0.0854. The van der Waals surface area contributed by atoms with Crippen LogP contribution in [0.15, 0.2) is 29.6 Å². The number of benzene rings is 1. The summed E-state index contributed by atoms with van der Waals surface area (Å²) in [4.78, 5) is 10.5. The first-order valence-electron chi connectivity index (χ1n) is 8.01. The van der Waals surface area contributed by atoms with Crippen LogP contribution >= 0.6 is 0 Å². The maximum absolute atomic E-state index is 11.6. The fourth-order valence-electron chi connectivity index (χ4n) is 3.25. The molecule has 7 heteroatoms. The lowest BCUT2D eigenvalue weighted by atomic mass is 10.0. The summed E-state index contributed by atoms with van der Waals surface area (Å²) in [6.45, 7) is 3.15. The van der Waals surface area contributed by atoms with Crippen molar-refractivity contribution in [2.45, 2.75) is 31.1 Å². The van der Waals surface area contributed by atoms with Gasteiger partial charge in [0.1, 0.15) is 5.75 Å². The highest BCUT2D eigenvalue weighted by molar-refractivity contribution is 7.90. The van der Waals surface area contributed by atoms with E-state index in [1.54, 1.807) is 6.20 Å². The van der Waals surface area contributed by atoms with Gasteiger partial charge in [0.2, 0.25) is 15.0 Å². The second-order valence-corrected chi connectivity index (χ2v) is 8.31. The summed E-state index contributed by atoms with van der Waals surface area (Å²) in [6.07, 6.45) is 4.61. The number of rotatable bonds is 3. The van der Waals surface area contributed by atoms with E-state index in [2.05, 4.69) is 27.0 Å². The van der Waals surface area contributed by atoms with Gasteiger partial charge in [-0.25, -0.2) is 18.4 Å². The van der Waals surface area contributed by atoms with Gasteiger partial charge in [-0.3, -0.25) is 4.90 Å². The van der Waals surface area contributed by atoms with Crippen molar-refractivity contribution in [2.75, 3.05) is 19.4 Å². The van der Waals surface area contributed by atoms with Crippen molar-refractivity contribution in [3.63, 3.8) is 0 Å². The number of hydrogen-bond acceptors (Lipinski definition) is 6. The van der Waals surface area contributed by atoms with E-state index in [4.69, 9.17) is 4.74 Å². The average molecular weight is 345 g/mol. The molecule has 1 aromatic carbocycles. The van der Waals surface area contributed by atoms with E-state index in [1.807, 2.05) is 6.07 Å². The zero-order valence-electron chi connectivity index (χ0n) is 13.5. The smallest absolute Gasteiger partial charge is 0.247 e. The van der Waals surface area contributed by atoms with Crippen molar-refractivity contribution in [1.29, 1.82) is 0 Å². The Hall–Kier alpha value is -1.99. The molecule has 0 spiro atoms. The third-order valence-electron chi connectivity index (χ3n) is 4.49. The third-order valence-corrected chi connectivity index (χ3v) is 5.35. The van der Waals surface area contributed by atoms with Crippen LogP contribution in [0.5, 0.6) is 5.75 Å². The first-order chi connectivity index (χ1) is 11.5. The third kappa shape index (κ3) is 3.01. The number of nitrogens with zero attached hydrogens (tertiary/aromatic N) is 3. The lowest BCUT2D eigenvalue weighted by molar-refractivity contribution is 0.240. The van der Waals surface area contributed by atoms with Crippen molar-refractivity contribution in [3.8, 4) is 5.75 Å². The molecule has 2 aliphatic rings. The van der Waals surface area contributed by atoms with E-state index in [1.165, 1.54) is 11.1 Å². The highest BCUT2D eigenvalue weighted by Gasteiger charge is 2.22. The summed E-state index contributed by atoms with van der Waals surface area (Å²) < 4.78 is 28.8. The summed E-state index contributed by atoms with van der Waals surface area (Å²) in [5.74, 6) is 0.994. The number of sulfone groups is 1. The van der Waals surface area contributed by atoms with Crippen LogP contribution in [-0.2, 0) is 35.8 Å². The molecular weight excluding hydrogens is 326 g/mol. The summed E-state index contributed by atoms with van der Waals surface area (Å²) in [5, 5.41) is -0.0854. The van der Waals surface area contributed by atoms with E-state index in [9.17, 15) is 8.42 Å². The van der Waals surface area contributed by atoms with Gasteiger partial charge in [0, 0.05) is 38.5 Å². The molecule has 0 fully saturated rings. The van der Waals surface area contributed by atoms with Crippen molar-refractivity contribution >= 4 is 9.84 Å². The fraction of sp³-hybridized carbons (Fsp3) is 0.412. The van der Waals surface area contributed by atoms with Crippen LogP contribution in [0.25, 0.3) is 0 Å². The molecule has 4 rings (SSSR count). The molecule has 0 atom stereocenters. The molecule has 6 nitrogen and oxygen atoms in total. The molecule has 0 saturated carbocycles. The summed E-state index contributed by atoms with van der Waals surface area (Å²) in [7, 11) is -3.37. The molecule has 0 N–H and O–H groups in total. The van der Waals surface area contributed by atoms with Gasteiger partial charge >= 0.3 is 0 Å². The molecule has 0 unspecified atom stereocenters. The van der Waals surface area contributed by atoms with Gasteiger partial charge in [-0.15, -0.1) is 0 Å². The zero-order valence-corrected chi connectivity index (χ0v) is 14.3. The Kier molecular flexibility index (Phi) is 3.77. The predicted molar refractivity (Wildman–Crippen MR) is 88.6 cm³/mol. The Balaban J connectivity index is 1.53. The molecule has 0 bridgehead atoms. The molecule has 2 aromatic rings. The van der Waals surface area contributed by atoms with Crippen LogP contribution in [0.2, 0.25) is 0 Å². The number of fused-ring (bicyclic) bond motifs is 2. The first kappa shape index (κ1) is 15.5. The van der Waals surface area contributed by atoms with Crippen LogP contribution in [0, 0.1) is 0 Å². The van der Waals surface area contributed by atoms with Gasteiger partial charge in [-0.1, -0.05) is 12.1 Å². The second kappa shape index (κ2) is 5.82. The van der Waals surface area contributed by atoms with E-state index in [-0.39, 0.29) is 5.16 Å². The Bertz CT molecular complexity index is 896. The molecule has 0 amide bonds. The Morgan fingerprint density at radius 1 is 1.25 bits per heavy atom. The number of hydrogen-bond donors (Lipinski definition) is 0. The minimum Gasteiger partial charge on any atom is -0.493 e. The van der Waals surface area contributed by atoms with Crippen molar-refractivity contribution in [2.24, 2.45) is 0 Å². The predicted octanol–water partition coefficient (Wildman–Crippen LogP) is 1.37. The van der Waals surface area contributed by atoms with Gasteiger partial charge in [0.05, 0.1) is 12.3 Å². The van der Waals surface area contributed by atoms with Gasteiger partial charge in [-0.05, 0) is 29.2 Å². The SMILES string of the molecule is CS(=O)(=O)c1ncc2c(n1)CN(Cc1ccc3c(c1)CCO3)CC2. The molecular formula is C17H19N3O3S. The summed E-state index contributed by atoms with van der Waals surface area (Å²) >= 11 is 0. The summed E-state index contributed by atoms with van der Waals surface area (Å²) in [5.41, 5.74) is 4.38. The van der Waals surface area contributed by atoms with E-state index >= 15 is 0 Å². The summed E-state index contributed by atoms with van der Waals surface area (Å²) in [6, 6.07) is 6.35. The van der Waals surface area contributed by atoms with Crippen LogP contribution in [0.3, 0.4) is 0 Å². The van der Waals surface area contributed by atoms with Crippen molar-refractivity contribution in [1.82, 2.24) is 14.9 Å². The molecule has 1 aromatic heterocycles. The van der Waals surface area contributed by atoms with Crippen molar-refractivity contribution in [3.05, 3.63) is 46.8 Å². The molecule has 0 aliphatic carbocycles. The first-order valence-corrected chi connectivity index (χ1v) is 9.90. The van der Waals surface area contributed by atoms with E-state index in [0.29, 0.717) is 6.54 Å². The monoisotopic (exact) mass is 345 g/mol. The second-order valence-electron chi connectivity index (χ2n) is 6.40. The Morgan fingerprint density at radius 3 is 2.96 bits per heavy atom. The van der Waals surface area contributed by atoms with Crippen LogP contribution < -0.4 is 4.74 Å². The van der Waals surface area contributed by atoms with E-state index in [0.717, 1.165) is 55.8 Å².